The molecule has 0 saturated carbocycles. The van der Waals surface area contributed by atoms with Crippen molar-refractivity contribution >= 4 is 5.91 Å². The number of carbonyl (C=O) groups excluding carboxylic acids is 1. The Kier molecular flexibility index (Phi) is 1.28. The van der Waals surface area contributed by atoms with E-state index in [0.717, 1.165) is 0 Å². The summed E-state index contributed by atoms with van der Waals surface area (Å²) in [6.45, 7) is 0.120. The van der Waals surface area contributed by atoms with E-state index in [-0.39, 0.29) is 12.5 Å². The Hall–Kier alpha value is -0.860. The topological polar surface area (TPSA) is 29.1 Å². The van der Waals surface area contributed by atoms with E-state index in [1.54, 1.807) is 0 Å². The zero-order valence-corrected chi connectivity index (χ0v) is 4.23. The monoisotopic (exact) mass is 115 g/mol. The van der Waals surface area contributed by atoms with Gasteiger partial charge in [-0.25, -0.2) is 4.39 Å². The molecule has 0 bridgehead atoms. The van der Waals surface area contributed by atoms with E-state index in [1.807, 2.05) is 0 Å². The fourth-order valence-corrected chi connectivity index (χ4v) is 0.517. The summed E-state index contributed by atoms with van der Waals surface area (Å²) in [5, 5.41) is 2.33. The van der Waals surface area contributed by atoms with E-state index < -0.39 is 6.17 Å². The third-order valence-electron chi connectivity index (χ3n) is 0.928. The van der Waals surface area contributed by atoms with E-state index in [0.29, 0.717) is 0 Å². The van der Waals surface area contributed by atoms with Gasteiger partial charge < -0.3 is 5.32 Å². The first kappa shape index (κ1) is 5.28. The molecule has 44 valence electrons. The molecule has 1 atom stereocenters. The van der Waals surface area contributed by atoms with Crippen LogP contribution in [0, 0.1) is 0 Å². The highest BCUT2D eigenvalue weighted by Crippen LogP contribution is 1.95. The highest BCUT2D eigenvalue weighted by atomic mass is 19.1. The van der Waals surface area contributed by atoms with Gasteiger partial charge >= 0.3 is 0 Å². The van der Waals surface area contributed by atoms with Crippen molar-refractivity contribution in [2.24, 2.45) is 0 Å². The number of alkyl halides is 1. The number of halogens is 1. The van der Waals surface area contributed by atoms with Crippen LogP contribution in [0.4, 0.5) is 4.39 Å². The molecular formula is C5H6FNO. The second kappa shape index (κ2) is 1.94. The maximum absolute atomic E-state index is 12.1. The molecule has 0 aromatic heterocycles. The van der Waals surface area contributed by atoms with E-state index >= 15 is 0 Å². The van der Waals surface area contributed by atoms with Gasteiger partial charge in [0.05, 0.1) is 6.54 Å². The minimum atomic E-state index is -0.993. The van der Waals surface area contributed by atoms with Gasteiger partial charge in [-0.15, -0.1) is 0 Å². The molecular weight excluding hydrogens is 109 g/mol. The van der Waals surface area contributed by atoms with Crippen LogP contribution < -0.4 is 5.32 Å². The average Bonchev–Trinajstić information content (AvgIpc) is 1.77. The largest absolute Gasteiger partial charge is 0.349 e. The van der Waals surface area contributed by atoms with E-state index in [4.69, 9.17) is 0 Å². The van der Waals surface area contributed by atoms with E-state index in [1.165, 1.54) is 12.2 Å². The summed E-state index contributed by atoms with van der Waals surface area (Å²) in [6.07, 6.45) is 1.46. The van der Waals surface area contributed by atoms with Crippen LogP contribution in [0.3, 0.4) is 0 Å². The average molecular weight is 115 g/mol. The predicted octanol–water partition coefficient (Wildman–Crippen LogP) is 0.0105. The predicted molar refractivity (Wildman–Crippen MR) is 27.0 cm³/mol. The van der Waals surface area contributed by atoms with Crippen LogP contribution in [-0.2, 0) is 4.79 Å². The summed E-state index contributed by atoms with van der Waals surface area (Å²) in [6, 6.07) is 0. The maximum Gasteiger partial charge on any atom is 0.243 e. The van der Waals surface area contributed by atoms with Gasteiger partial charge in [-0.3, -0.25) is 4.79 Å². The second-order valence-electron chi connectivity index (χ2n) is 1.62. The lowest BCUT2D eigenvalue weighted by molar-refractivity contribution is -0.117. The van der Waals surface area contributed by atoms with Crippen molar-refractivity contribution in [2.75, 3.05) is 6.54 Å². The molecule has 1 N–H and O–H groups in total. The quantitative estimate of drug-likeness (QED) is 0.473. The smallest absolute Gasteiger partial charge is 0.243 e. The first-order valence-corrected chi connectivity index (χ1v) is 2.39. The van der Waals surface area contributed by atoms with Gasteiger partial charge in [0.2, 0.25) is 5.91 Å². The molecule has 0 spiro atoms. The van der Waals surface area contributed by atoms with Gasteiger partial charge in [0.1, 0.15) is 6.17 Å². The minimum absolute atomic E-state index is 0.120. The Bertz CT molecular complexity index is 132. The van der Waals surface area contributed by atoms with Crippen molar-refractivity contribution < 1.29 is 9.18 Å². The molecule has 1 heterocycles. The second-order valence-corrected chi connectivity index (χ2v) is 1.62. The SMILES string of the molecule is O=C1C=CC(F)CN1. The van der Waals surface area contributed by atoms with E-state index in [2.05, 4.69) is 5.32 Å². The van der Waals surface area contributed by atoms with Crippen molar-refractivity contribution in [2.45, 2.75) is 6.17 Å². The fraction of sp³-hybridized carbons (Fsp3) is 0.400. The molecule has 1 unspecified atom stereocenters. The zero-order valence-electron chi connectivity index (χ0n) is 4.23. The van der Waals surface area contributed by atoms with E-state index in [9.17, 15) is 9.18 Å². The third kappa shape index (κ3) is 1.05. The van der Waals surface area contributed by atoms with Crippen molar-refractivity contribution in [1.82, 2.24) is 5.32 Å². The lowest BCUT2D eigenvalue weighted by atomic mass is 10.3. The first-order chi connectivity index (χ1) is 3.79. The molecule has 3 heteroatoms. The lowest BCUT2D eigenvalue weighted by Gasteiger charge is -2.07. The lowest BCUT2D eigenvalue weighted by Crippen LogP contribution is -2.31. The van der Waals surface area contributed by atoms with Gasteiger partial charge in [-0.2, -0.15) is 0 Å². The highest BCUT2D eigenvalue weighted by Gasteiger charge is 2.08. The number of hydrogen-bond donors (Lipinski definition) is 1. The van der Waals surface area contributed by atoms with Crippen molar-refractivity contribution in [3.05, 3.63) is 12.2 Å². The number of rotatable bonds is 0. The van der Waals surface area contributed by atoms with Gasteiger partial charge in [0.15, 0.2) is 0 Å². The summed E-state index contributed by atoms with van der Waals surface area (Å²) in [7, 11) is 0. The maximum atomic E-state index is 12.1. The van der Waals surface area contributed by atoms with Crippen molar-refractivity contribution in [3.63, 3.8) is 0 Å². The number of nitrogens with one attached hydrogen (secondary N) is 1. The summed E-state index contributed by atoms with van der Waals surface area (Å²) < 4.78 is 12.1. The highest BCUT2D eigenvalue weighted by molar-refractivity contribution is 5.88. The summed E-state index contributed by atoms with van der Waals surface area (Å²) in [5.41, 5.74) is 0. The Morgan fingerprint density at radius 1 is 1.88 bits per heavy atom. The number of carbonyl (C=O) groups is 1. The molecule has 0 aromatic carbocycles. The molecule has 0 radical (unpaired) electrons. The first-order valence-electron chi connectivity index (χ1n) is 2.39. The zero-order chi connectivity index (χ0) is 5.98. The van der Waals surface area contributed by atoms with Crippen LogP contribution in [0.5, 0.6) is 0 Å². The van der Waals surface area contributed by atoms with Crippen LogP contribution in [0.1, 0.15) is 0 Å². The minimum Gasteiger partial charge on any atom is -0.349 e. The van der Waals surface area contributed by atoms with Crippen molar-refractivity contribution in [1.29, 1.82) is 0 Å². The molecule has 0 saturated heterocycles. The molecule has 1 amide bonds. The van der Waals surface area contributed by atoms with Crippen LogP contribution in [0.15, 0.2) is 12.2 Å². The summed E-state index contributed by atoms with van der Waals surface area (Å²) in [4.78, 5) is 10.2. The molecule has 8 heavy (non-hydrogen) atoms. The number of hydrogen-bond acceptors (Lipinski definition) is 1. The Labute approximate surface area is 46.4 Å². The molecule has 2 nitrogen and oxygen atoms in total. The third-order valence-corrected chi connectivity index (χ3v) is 0.928. The summed E-state index contributed by atoms with van der Waals surface area (Å²) >= 11 is 0. The molecule has 1 aliphatic heterocycles. The van der Waals surface area contributed by atoms with Crippen LogP contribution >= 0.6 is 0 Å². The Morgan fingerprint density at radius 3 is 3.00 bits per heavy atom. The van der Waals surface area contributed by atoms with Gasteiger partial charge in [-0.05, 0) is 6.08 Å². The summed E-state index contributed by atoms with van der Waals surface area (Å²) in [5.74, 6) is -0.209. The van der Waals surface area contributed by atoms with Crippen LogP contribution in [0.2, 0.25) is 0 Å². The standard InChI is InChI=1S/C5H6FNO/c6-4-1-2-5(8)7-3-4/h1-2,4H,3H2,(H,7,8). The van der Waals surface area contributed by atoms with Gasteiger partial charge in [0, 0.05) is 6.08 Å². The number of amides is 1. The Balaban J connectivity index is 2.55. The molecule has 0 aromatic rings. The molecule has 1 aliphatic rings. The fourth-order valence-electron chi connectivity index (χ4n) is 0.517. The van der Waals surface area contributed by atoms with Crippen LogP contribution in [0.25, 0.3) is 0 Å². The Morgan fingerprint density at radius 2 is 2.62 bits per heavy atom. The van der Waals surface area contributed by atoms with Crippen molar-refractivity contribution in [3.8, 4) is 0 Å². The molecule has 1 rings (SSSR count). The molecule has 0 fully saturated rings. The normalized spacial score (nSPS) is 27.6. The van der Waals surface area contributed by atoms with Gasteiger partial charge in [-0.1, -0.05) is 0 Å². The van der Waals surface area contributed by atoms with Crippen LogP contribution in [-0.4, -0.2) is 18.6 Å². The van der Waals surface area contributed by atoms with Gasteiger partial charge in [0.25, 0.3) is 0 Å². The molecule has 0 aliphatic carbocycles.